The number of halogens is 1. The smallest absolute Gasteiger partial charge is 0.355 e. The number of carbonyl (C=O) groups is 2. The number of allylic oxidation sites excluding steroid dienone is 1. The number of anilines is 1. The first kappa shape index (κ1) is 24.4. The Morgan fingerprint density at radius 3 is 2.26 bits per heavy atom. The normalized spacial score (nSPS) is 15.2. The number of nitro benzene ring substituents is 1. The fraction of sp³-hybridized carbons (Fsp3) is 0.130. The van der Waals surface area contributed by atoms with Crippen LogP contribution < -0.4 is 10.6 Å². The van der Waals surface area contributed by atoms with E-state index in [1.807, 2.05) is 6.07 Å². The maximum absolute atomic E-state index is 14.6. The Morgan fingerprint density at radius 1 is 1.11 bits per heavy atom. The average molecular weight is 477 g/mol. The van der Waals surface area contributed by atoms with E-state index in [4.69, 9.17) is 20.5 Å². The van der Waals surface area contributed by atoms with E-state index in [-0.39, 0.29) is 5.57 Å². The number of nitrogens with two attached hydrogens (primary N) is 1. The monoisotopic (exact) mass is 477 g/mol. The molecule has 0 amide bonds. The number of carbonyl (C=O) groups excluding carboxylic acids is 2. The first-order valence-corrected chi connectivity index (χ1v) is 9.75. The number of hydrogen-bond donors (Lipinski definition) is 1. The zero-order valence-electron chi connectivity index (χ0n) is 18.3. The van der Waals surface area contributed by atoms with Crippen LogP contribution in [0.3, 0.4) is 0 Å². The highest BCUT2D eigenvalue weighted by atomic mass is 19.1. The second kappa shape index (κ2) is 9.72. The Hall–Kier alpha value is -5.23. The van der Waals surface area contributed by atoms with Gasteiger partial charge in [0, 0.05) is 12.1 Å². The highest BCUT2D eigenvalue weighted by Crippen LogP contribution is 2.45. The largest absolute Gasteiger partial charge is 0.466 e. The lowest BCUT2D eigenvalue weighted by Crippen LogP contribution is -2.41. The molecule has 0 radical (unpaired) electrons. The van der Waals surface area contributed by atoms with Crippen LogP contribution in [0.25, 0.3) is 0 Å². The number of nitriles is 2. The Bertz CT molecular complexity index is 1390. The van der Waals surface area contributed by atoms with Crippen LogP contribution in [0.5, 0.6) is 0 Å². The van der Waals surface area contributed by atoms with Gasteiger partial charge in [-0.15, -0.1) is 0 Å². The molecular formula is C23H16FN5O6. The van der Waals surface area contributed by atoms with Crippen molar-refractivity contribution in [3.8, 4) is 12.1 Å². The van der Waals surface area contributed by atoms with Crippen LogP contribution in [0.2, 0.25) is 0 Å². The Balaban J connectivity index is 2.52. The van der Waals surface area contributed by atoms with Gasteiger partial charge in [0.05, 0.1) is 47.8 Å². The highest BCUT2D eigenvalue weighted by Gasteiger charge is 2.44. The lowest BCUT2D eigenvalue weighted by atomic mass is 9.81. The number of esters is 2. The van der Waals surface area contributed by atoms with E-state index in [1.54, 1.807) is 30.3 Å². The summed E-state index contributed by atoms with van der Waals surface area (Å²) < 4.78 is 24.3. The van der Waals surface area contributed by atoms with Crippen molar-refractivity contribution in [1.82, 2.24) is 0 Å². The number of methoxy groups -OCH3 is 2. The first-order chi connectivity index (χ1) is 16.7. The third-order valence-corrected chi connectivity index (χ3v) is 5.23. The Kier molecular flexibility index (Phi) is 6.78. The SMILES string of the molecule is COC(=O)C1=C(C(=O)OC)N(c2cc(F)c(C#N)cc2[N+](=O)[O-])C(N)=C(C#N)C1c1ccccc1. The van der Waals surface area contributed by atoms with E-state index >= 15 is 0 Å². The summed E-state index contributed by atoms with van der Waals surface area (Å²) in [5, 5.41) is 30.9. The minimum absolute atomic E-state index is 0.261. The van der Waals surface area contributed by atoms with E-state index in [0.717, 1.165) is 14.2 Å². The molecule has 12 heteroatoms. The summed E-state index contributed by atoms with van der Waals surface area (Å²) in [7, 11) is 2.03. The van der Waals surface area contributed by atoms with Gasteiger partial charge >= 0.3 is 11.9 Å². The van der Waals surface area contributed by atoms with Crippen molar-refractivity contribution in [1.29, 1.82) is 10.5 Å². The number of benzene rings is 2. The Labute approximate surface area is 197 Å². The molecule has 1 aliphatic heterocycles. The lowest BCUT2D eigenvalue weighted by molar-refractivity contribution is -0.384. The van der Waals surface area contributed by atoms with Gasteiger partial charge in [-0.3, -0.25) is 15.0 Å². The number of nitrogens with zero attached hydrogens (tertiary/aromatic N) is 4. The van der Waals surface area contributed by atoms with Gasteiger partial charge in [0.25, 0.3) is 5.69 Å². The molecule has 11 nitrogen and oxygen atoms in total. The molecule has 1 unspecified atom stereocenters. The summed E-state index contributed by atoms with van der Waals surface area (Å²) in [6, 6.07) is 12.7. The summed E-state index contributed by atoms with van der Waals surface area (Å²) in [4.78, 5) is 37.5. The van der Waals surface area contributed by atoms with Crippen molar-refractivity contribution in [2.45, 2.75) is 5.92 Å². The van der Waals surface area contributed by atoms with Crippen LogP contribution in [0.4, 0.5) is 15.8 Å². The number of nitro groups is 1. The summed E-state index contributed by atoms with van der Waals surface area (Å²) in [6.45, 7) is 0. The molecule has 0 saturated carbocycles. The quantitative estimate of drug-likeness (QED) is 0.383. The predicted molar refractivity (Wildman–Crippen MR) is 117 cm³/mol. The molecule has 0 fully saturated rings. The molecule has 2 N–H and O–H groups in total. The second-order valence-corrected chi connectivity index (χ2v) is 7.02. The van der Waals surface area contributed by atoms with Gasteiger partial charge in [0.15, 0.2) is 0 Å². The zero-order valence-corrected chi connectivity index (χ0v) is 18.3. The first-order valence-electron chi connectivity index (χ1n) is 9.75. The molecule has 0 bridgehead atoms. The molecule has 35 heavy (non-hydrogen) atoms. The van der Waals surface area contributed by atoms with Gasteiger partial charge in [-0.25, -0.2) is 14.0 Å². The van der Waals surface area contributed by atoms with Gasteiger partial charge in [0.1, 0.15) is 29.1 Å². The molecule has 0 spiro atoms. The molecule has 0 aliphatic carbocycles. The number of hydrogen-bond acceptors (Lipinski definition) is 10. The van der Waals surface area contributed by atoms with Crippen LogP contribution >= 0.6 is 0 Å². The summed E-state index contributed by atoms with van der Waals surface area (Å²) in [6.07, 6.45) is 0. The van der Waals surface area contributed by atoms with Crippen molar-refractivity contribution in [3.05, 3.63) is 92.2 Å². The third-order valence-electron chi connectivity index (χ3n) is 5.23. The van der Waals surface area contributed by atoms with Gasteiger partial charge in [-0.05, 0) is 5.56 Å². The number of ether oxygens (including phenoxy) is 2. The van der Waals surface area contributed by atoms with E-state index in [1.165, 1.54) is 6.07 Å². The zero-order chi connectivity index (χ0) is 25.9. The van der Waals surface area contributed by atoms with Crippen molar-refractivity contribution in [3.63, 3.8) is 0 Å². The van der Waals surface area contributed by atoms with E-state index in [2.05, 4.69) is 0 Å². The van der Waals surface area contributed by atoms with Crippen molar-refractivity contribution in [2.75, 3.05) is 19.1 Å². The maximum atomic E-state index is 14.6. The van der Waals surface area contributed by atoms with Gasteiger partial charge in [0.2, 0.25) is 0 Å². The van der Waals surface area contributed by atoms with Crippen LogP contribution in [0, 0.1) is 38.6 Å². The minimum atomic E-state index is -1.21. The molecular weight excluding hydrogens is 461 g/mol. The van der Waals surface area contributed by atoms with Crippen molar-refractivity contribution >= 4 is 23.3 Å². The van der Waals surface area contributed by atoms with Gasteiger partial charge in [-0.2, -0.15) is 10.5 Å². The summed E-state index contributed by atoms with van der Waals surface area (Å²) in [5.41, 5.74) is 3.29. The summed E-state index contributed by atoms with van der Waals surface area (Å²) in [5.74, 6) is -5.07. The second-order valence-electron chi connectivity index (χ2n) is 7.02. The Morgan fingerprint density at radius 2 is 1.74 bits per heavy atom. The van der Waals surface area contributed by atoms with Gasteiger partial charge < -0.3 is 15.2 Å². The van der Waals surface area contributed by atoms with Crippen molar-refractivity contribution < 1.29 is 28.4 Å². The average Bonchev–Trinajstić information content (AvgIpc) is 2.87. The standard InChI is InChI=1S/C23H16FN5O6/c1-34-22(30)19-18(12-6-4-3-5-7-12)14(11-26)21(27)28(20(19)23(31)35-2)16-9-15(24)13(10-25)8-17(16)29(32)33/h3-9,18H,27H2,1-2H3. The van der Waals surface area contributed by atoms with E-state index in [9.17, 15) is 29.4 Å². The highest BCUT2D eigenvalue weighted by molar-refractivity contribution is 6.06. The molecule has 0 aromatic heterocycles. The molecule has 1 heterocycles. The molecule has 176 valence electrons. The van der Waals surface area contributed by atoms with Crippen LogP contribution in [0.15, 0.2) is 65.1 Å². The maximum Gasteiger partial charge on any atom is 0.355 e. The van der Waals surface area contributed by atoms with E-state index < -0.39 is 62.6 Å². The molecule has 1 atom stereocenters. The fourth-order valence-electron chi connectivity index (χ4n) is 3.73. The molecule has 0 saturated heterocycles. The fourth-order valence-corrected chi connectivity index (χ4v) is 3.73. The molecule has 1 aliphatic rings. The molecule has 2 aromatic carbocycles. The van der Waals surface area contributed by atoms with E-state index in [0.29, 0.717) is 22.6 Å². The van der Waals surface area contributed by atoms with Gasteiger partial charge in [-0.1, -0.05) is 30.3 Å². The number of rotatable bonds is 5. The van der Waals surface area contributed by atoms with Crippen molar-refractivity contribution in [2.24, 2.45) is 5.73 Å². The van der Waals surface area contributed by atoms with Crippen LogP contribution in [-0.2, 0) is 19.1 Å². The third kappa shape index (κ3) is 4.12. The lowest BCUT2D eigenvalue weighted by Gasteiger charge is -2.35. The van der Waals surface area contributed by atoms with Crippen LogP contribution in [-0.4, -0.2) is 31.1 Å². The molecule has 2 aromatic rings. The molecule has 3 rings (SSSR count). The minimum Gasteiger partial charge on any atom is -0.466 e. The summed E-state index contributed by atoms with van der Waals surface area (Å²) >= 11 is 0. The predicted octanol–water partition coefficient (Wildman–Crippen LogP) is 2.50. The van der Waals surface area contributed by atoms with Crippen LogP contribution in [0.1, 0.15) is 17.0 Å². The topological polar surface area (TPSA) is 173 Å².